The largest absolute Gasteiger partial charge is 0.744 e. The second kappa shape index (κ2) is 9.63. The van der Waals surface area contributed by atoms with E-state index in [-0.39, 0.29) is 4.90 Å². The summed E-state index contributed by atoms with van der Waals surface area (Å²) < 4.78 is 33.0. The Morgan fingerprint density at radius 1 is 1.08 bits per heavy atom. The Kier molecular flexibility index (Phi) is 8.84. The quantitative estimate of drug-likeness (QED) is 0.278. The van der Waals surface area contributed by atoms with Crippen LogP contribution in [0.1, 0.15) is 68.9 Å². The van der Waals surface area contributed by atoms with Crippen LogP contribution in [0.15, 0.2) is 23.1 Å². The molecule has 1 unspecified atom stereocenters. The first-order valence-electron chi connectivity index (χ1n) is 8.20. The number of unbranched alkanes of at least 4 members (excludes halogenated alkanes) is 5. The first-order chi connectivity index (χ1) is 11.1. The highest BCUT2D eigenvalue weighted by atomic mass is 35.6. The topological polar surface area (TPSA) is 57.2 Å². The fourth-order valence-corrected chi connectivity index (χ4v) is 4.20. The Hall–Kier alpha value is -0.000000000000000111. The van der Waals surface area contributed by atoms with E-state index in [9.17, 15) is 13.0 Å². The molecular weight excluding hydrogens is 391 g/mol. The van der Waals surface area contributed by atoms with Gasteiger partial charge in [0, 0.05) is 5.92 Å². The molecule has 1 atom stereocenters. The van der Waals surface area contributed by atoms with E-state index in [4.69, 9.17) is 34.8 Å². The van der Waals surface area contributed by atoms with Crippen LogP contribution in [0.3, 0.4) is 0 Å². The third kappa shape index (κ3) is 7.09. The molecule has 3 nitrogen and oxygen atoms in total. The van der Waals surface area contributed by atoms with Gasteiger partial charge in [-0.3, -0.25) is 0 Å². The minimum Gasteiger partial charge on any atom is -0.744 e. The van der Waals surface area contributed by atoms with Crippen LogP contribution in [0.2, 0.25) is 0 Å². The molecule has 7 heteroatoms. The summed E-state index contributed by atoms with van der Waals surface area (Å²) in [5, 5.41) is 0. The number of aryl methyl sites for hydroxylation is 1. The van der Waals surface area contributed by atoms with Crippen molar-refractivity contribution in [1.82, 2.24) is 0 Å². The van der Waals surface area contributed by atoms with Crippen LogP contribution in [0.25, 0.3) is 0 Å². The Morgan fingerprint density at radius 2 is 1.67 bits per heavy atom. The van der Waals surface area contributed by atoms with Crippen molar-refractivity contribution >= 4 is 44.9 Å². The van der Waals surface area contributed by atoms with Crippen molar-refractivity contribution in [3.8, 4) is 0 Å². The van der Waals surface area contributed by atoms with Crippen LogP contribution >= 0.6 is 34.8 Å². The van der Waals surface area contributed by atoms with Crippen LogP contribution in [-0.2, 0) is 10.1 Å². The molecule has 0 aliphatic heterocycles. The molecule has 0 aliphatic carbocycles. The summed E-state index contributed by atoms with van der Waals surface area (Å²) in [7, 11) is -4.62. The fourth-order valence-electron chi connectivity index (χ4n) is 2.79. The summed E-state index contributed by atoms with van der Waals surface area (Å²) in [5.41, 5.74) is 1.12. The number of hydrogen-bond acceptors (Lipinski definition) is 3. The molecule has 1 aromatic rings. The standard InChI is InChI=1S/C17H25Cl3O3S/c1-3-4-5-6-7-8-9-15(17(18,19)20)14-12-13(2)10-11-16(14)24(21,22)23/h10-12,15H,3-9H2,1-2H3,(H,21,22,23)/p-1. The fraction of sp³-hybridized carbons (Fsp3) is 0.647. The second-order valence-corrected chi connectivity index (χ2v) is 9.86. The molecule has 0 saturated heterocycles. The molecule has 0 bridgehead atoms. The van der Waals surface area contributed by atoms with Gasteiger partial charge in [0.15, 0.2) is 3.79 Å². The lowest BCUT2D eigenvalue weighted by molar-refractivity contribution is 0.459. The average Bonchev–Trinajstić information content (AvgIpc) is 2.43. The monoisotopic (exact) mass is 413 g/mol. The smallest absolute Gasteiger partial charge is 0.197 e. The SMILES string of the molecule is CCCCCCCCC(c1cc(C)ccc1S(=O)(=O)[O-])C(Cl)(Cl)Cl. The van der Waals surface area contributed by atoms with Crippen molar-refractivity contribution in [2.45, 2.75) is 73.4 Å². The van der Waals surface area contributed by atoms with Crippen molar-refractivity contribution in [2.75, 3.05) is 0 Å². The number of alkyl halides is 3. The molecule has 0 heterocycles. The van der Waals surface area contributed by atoms with Crippen LogP contribution in [0, 0.1) is 6.92 Å². The van der Waals surface area contributed by atoms with Gasteiger partial charge in [0.2, 0.25) is 0 Å². The molecule has 0 saturated carbocycles. The van der Waals surface area contributed by atoms with E-state index in [2.05, 4.69) is 6.92 Å². The molecule has 0 radical (unpaired) electrons. The van der Waals surface area contributed by atoms with Crippen LogP contribution in [0.4, 0.5) is 0 Å². The molecule has 0 spiro atoms. The van der Waals surface area contributed by atoms with Gasteiger partial charge in [-0.05, 0) is 25.0 Å². The molecule has 24 heavy (non-hydrogen) atoms. The number of rotatable bonds is 9. The van der Waals surface area contributed by atoms with Gasteiger partial charge in [-0.2, -0.15) is 0 Å². The molecule has 1 aromatic carbocycles. The van der Waals surface area contributed by atoms with Gasteiger partial charge >= 0.3 is 0 Å². The van der Waals surface area contributed by atoms with E-state index in [1.807, 2.05) is 6.92 Å². The molecule has 0 N–H and O–H groups in total. The van der Waals surface area contributed by atoms with Crippen LogP contribution < -0.4 is 0 Å². The zero-order valence-electron chi connectivity index (χ0n) is 14.0. The van der Waals surface area contributed by atoms with E-state index >= 15 is 0 Å². The molecule has 0 amide bonds. The van der Waals surface area contributed by atoms with Crippen molar-refractivity contribution in [1.29, 1.82) is 0 Å². The van der Waals surface area contributed by atoms with E-state index in [0.717, 1.165) is 24.8 Å². The normalized spacial score (nSPS) is 13.9. The predicted octanol–water partition coefficient (Wildman–Crippen LogP) is 6.10. The third-order valence-corrected chi connectivity index (χ3v) is 5.75. The number of benzene rings is 1. The van der Waals surface area contributed by atoms with E-state index < -0.39 is 19.8 Å². The lowest BCUT2D eigenvalue weighted by Crippen LogP contribution is -2.20. The summed E-state index contributed by atoms with van der Waals surface area (Å²) in [6, 6.07) is 4.51. The van der Waals surface area contributed by atoms with Crippen LogP contribution in [0.5, 0.6) is 0 Å². The zero-order chi connectivity index (χ0) is 18.4. The number of hydrogen-bond donors (Lipinski definition) is 0. The maximum absolute atomic E-state index is 11.6. The Morgan fingerprint density at radius 3 is 2.21 bits per heavy atom. The lowest BCUT2D eigenvalue weighted by atomic mass is 9.93. The predicted molar refractivity (Wildman–Crippen MR) is 100 cm³/mol. The van der Waals surface area contributed by atoms with E-state index in [1.54, 1.807) is 12.1 Å². The Balaban J connectivity index is 3.00. The van der Waals surface area contributed by atoms with Gasteiger partial charge < -0.3 is 4.55 Å². The minimum absolute atomic E-state index is 0.296. The number of halogens is 3. The summed E-state index contributed by atoms with van der Waals surface area (Å²) >= 11 is 18.3. The lowest BCUT2D eigenvalue weighted by Gasteiger charge is -2.28. The molecule has 1 rings (SSSR count). The average molecular weight is 415 g/mol. The molecular formula is C17H24Cl3O3S-. The first-order valence-corrected chi connectivity index (χ1v) is 10.7. The van der Waals surface area contributed by atoms with Crippen molar-refractivity contribution in [2.24, 2.45) is 0 Å². The minimum atomic E-state index is -4.62. The maximum Gasteiger partial charge on any atom is 0.197 e. The van der Waals surface area contributed by atoms with E-state index in [1.165, 1.54) is 25.3 Å². The van der Waals surface area contributed by atoms with Crippen molar-refractivity contribution in [3.63, 3.8) is 0 Å². The zero-order valence-corrected chi connectivity index (χ0v) is 17.1. The van der Waals surface area contributed by atoms with Gasteiger partial charge in [0.05, 0.1) is 4.90 Å². The highest BCUT2D eigenvalue weighted by molar-refractivity contribution is 7.85. The third-order valence-electron chi connectivity index (χ3n) is 4.05. The summed E-state index contributed by atoms with van der Waals surface area (Å²) in [6.45, 7) is 3.96. The van der Waals surface area contributed by atoms with Gasteiger partial charge in [-0.1, -0.05) is 97.9 Å². The van der Waals surface area contributed by atoms with E-state index in [0.29, 0.717) is 12.0 Å². The second-order valence-electron chi connectivity index (χ2n) is 6.15. The Labute approximate surface area is 160 Å². The maximum atomic E-state index is 11.6. The molecule has 0 fully saturated rings. The highest BCUT2D eigenvalue weighted by Gasteiger charge is 2.35. The van der Waals surface area contributed by atoms with Gasteiger partial charge in [-0.25, -0.2) is 8.42 Å². The van der Waals surface area contributed by atoms with Gasteiger partial charge in [0.25, 0.3) is 0 Å². The van der Waals surface area contributed by atoms with Crippen LogP contribution in [-0.4, -0.2) is 16.8 Å². The highest BCUT2D eigenvalue weighted by Crippen LogP contribution is 2.46. The molecule has 0 aliphatic rings. The summed E-state index contributed by atoms with van der Waals surface area (Å²) in [5.74, 6) is -0.632. The summed E-state index contributed by atoms with van der Waals surface area (Å²) in [4.78, 5) is -0.296. The molecule has 0 aromatic heterocycles. The Bertz CT molecular complexity index is 624. The van der Waals surface area contributed by atoms with Crippen molar-refractivity contribution < 1.29 is 13.0 Å². The van der Waals surface area contributed by atoms with Gasteiger partial charge in [-0.15, -0.1) is 0 Å². The first kappa shape index (κ1) is 22.0. The molecule has 138 valence electrons. The van der Waals surface area contributed by atoms with Crippen molar-refractivity contribution in [3.05, 3.63) is 29.3 Å². The summed E-state index contributed by atoms with van der Waals surface area (Å²) in [6.07, 6.45) is 6.96. The van der Waals surface area contributed by atoms with Gasteiger partial charge in [0.1, 0.15) is 10.1 Å².